The minimum absolute atomic E-state index is 0.215. The zero-order valence-electron chi connectivity index (χ0n) is 11.6. The molecule has 1 aromatic heterocycles. The number of aromatic nitrogens is 1. The van der Waals surface area contributed by atoms with Crippen LogP contribution in [0.25, 0.3) is 12.2 Å². The number of aryl methyl sites for hydroxylation is 1. The molecule has 1 amide bonds. The number of carbonyl (C=O) groups excluding carboxylic acids is 1. The van der Waals surface area contributed by atoms with Crippen molar-refractivity contribution in [3.05, 3.63) is 51.3 Å². The van der Waals surface area contributed by atoms with Gasteiger partial charge in [-0.15, -0.1) is 11.3 Å². The van der Waals surface area contributed by atoms with Crippen LogP contribution in [0.2, 0.25) is 0 Å². The van der Waals surface area contributed by atoms with Gasteiger partial charge in [-0.2, -0.15) is 0 Å². The fourth-order valence-electron chi connectivity index (χ4n) is 2.03. The van der Waals surface area contributed by atoms with Crippen LogP contribution in [-0.2, 0) is 14.6 Å². The lowest BCUT2D eigenvalue weighted by Crippen LogP contribution is -2.08. The fraction of sp³-hybridized carbons (Fsp3) is 0.0667. The minimum Gasteiger partial charge on any atom is -0.322 e. The summed E-state index contributed by atoms with van der Waals surface area (Å²) >= 11 is 1.49. The van der Waals surface area contributed by atoms with Gasteiger partial charge < -0.3 is 5.32 Å². The molecule has 0 spiro atoms. The average Bonchev–Trinajstić information content (AvgIpc) is 3.01. The van der Waals surface area contributed by atoms with Crippen molar-refractivity contribution >= 4 is 44.9 Å². The number of hydrogen-bond donors (Lipinski definition) is 1. The van der Waals surface area contributed by atoms with E-state index in [2.05, 4.69) is 10.3 Å². The Morgan fingerprint density at radius 1 is 1.36 bits per heavy atom. The van der Waals surface area contributed by atoms with Gasteiger partial charge in [-0.25, -0.2) is 13.4 Å². The molecule has 0 fully saturated rings. The number of amides is 1. The van der Waals surface area contributed by atoms with Crippen LogP contribution in [0.5, 0.6) is 0 Å². The molecule has 1 aromatic carbocycles. The molecular formula is C15H12N2O3S2. The first-order chi connectivity index (χ1) is 10.4. The Morgan fingerprint density at radius 2 is 2.18 bits per heavy atom. The Kier molecular flexibility index (Phi) is 3.67. The van der Waals surface area contributed by atoms with Crippen LogP contribution < -0.4 is 5.32 Å². The van der Waals surface area contributed by atoms with E-state index in [-0.39, 0.29) is 10.8 Å². The number of benzene rings is 1. The molecule has 0 unspecified atom stereocenters. The van der Waals surface area contributed by atoms with Gasteiger partial charge in [-0.1, -0.05) is 6.07 Å². The van der Waals surface area contributed by atoms with Crippen LogP contribution in [0, 0.1) is 6.92 Å². The van der Waals surface area contributed by atoms with Gasteiger partial charge >= 0.3 is 0 Å². The summed E-state index contributed by atoms with van der Waals surface area (Å²) in [6.07, 6.45) is 6.30. The molecule has 22 heavy (non-hydrogen) atoms. The summed E-state index contributed by atoms with van der Waals surface area (Å²) < 4.78 is 23.6. The van der Waals surface area contributed by atoms with Crippen molar-refractivity contribution < 1.29 is 13.2 Å². The van der Waals surface area contributed by atoms with E-state index < -0.39 is 9.84 Å². The first-order valence-electron chi connectivity index (χ1n) is 6.43. The quantitative estimate of drug-likeness (QED) is 0.877. The molecule has 1 N–H and O–H groups in total. The lowest BCUT2D eigenvalue weighted by Gasteiger charge is -2.05. The second kappa shape index (κ2) is 5.51. The lowest BCUT2D eigenvalue weighted by molar-refractivity contribution is -0.111. The third kappa shape index (κ3) is 3.00. The highest BCUT2D eigenvalue weighted by molar-refractivity contribution is 7.94. The van der Waals surface area contributed by atoms with Crippen LogP contribution >= 0.6 is 11.3 Å². The number of fused-ring (bicyclic) bond motifs is 1. The molecule has 0 saturated heterocycles. The van der Waals surface area contributed by atoms with Gasteiger partial charge in [0.1, 0.15) is 0 Å². The Balaban J connectivity index is 1.74. The Labute approximate surface area is 131 Å². The van der Waals surface area contributed by atoms with Crippen molar-refractivity contribution in [2.75, 3.05) is 5.32 Å². The average molecular weight is 332 g/mol. The summed E-state index contributed by atoms with van der Waals surface area (Å²) in [6, 6.07) is 4.81. The lowest BCUT2D eigenvalue weighted by atomic mass is 10.2. The zero-order chi connectivity index (χ0) is 15.7. The number of rotatable bonds is 3. The predicted octanol–water partition coefficient (Wildman–Crippen LogP) is 2.86. The maximum atomic E-state index is 11.9. The second-order valence-corrected chi connectivity index (χ2v) is 7.77. The smallest absolute Gasteiger partial charge is 0.248 e. The number of carbonyl (C=O) groups is 1. The molecule has 0 atom stereocenters. The standard InChI is InChI=1S/C15H12N2O3S2/c1-10-16-9-13(21-10)4-5-15(18)17-12-3-2-11-6-7-22(19,20)14(11)8-12/h2-9H,1H3,(H,17,18). The van der Waals surface area contributed by atoms with Gasteiger partial charge in [0.05, 0.1) is 9.90 Å². The molecule has 1 aliphatic heterocycles. The predicted molar refractivity (Wildman–Crippen MR) is 87.2 cm³/mol. The topological polar surface area (TPSA) is 76.1 Å². The molecule has 7 heteroatoms. The van der Waals surface area contributed by atoms with Crippen molar-refractivity contribution in [2.24, 2.45) is 0 Å². The molecule has 112 valence electrons. The molecular weight excluding hydrogens is 320 g/mol. The van der Waals surface area contributed by atoms with E-state index in [4.69, 9.17) is 0 Å². The number of nitrogens with zero attached hydrogens (tertiary/aromatic N) is 1. The Hall–Kier alpha value is -2.25. The van der Waals surface area contributed by atoms with E-state index >= 15 is 0 Å². The number of anilines is 1. The van der Waals surface area contributed by atoms with Crippen LogP contribution in [0.4, 0.5) is 5.69 Å². The van der Waals surface area contributed by atoms with E-state index in [1.165, 1.54) is 23.5 Å². The van der Waals surface area contributed by atoms with E-state index in [9.17, 15) is 13.2 Å². The largest absolute Gasteiger partial charge is 0.322 e. The van der Waals surface area contributed by atoms with E-state index in [1.807, 2.05) is 6.92 Å². The van der Waals surface area contributed by atoms with Crippen LogP contribution in [0.15, 0.2) is 40.8 Å². The van der Waals surface area contributed by atoms with Crippen LogP contribution in [-0.4, -0.2) is 19.3 Å². The highest BCUT2D eigenvalue weighted by Gasteiger charge is 2.20. The van der Waals surface area contributed by atoms with E-state index in [1.54, 1.807) is 30.5 Å². The first kappa shape index (κ1) is 14.7. The van der Waals surface area contributed by atoms with Crippen molar-refractivity contribution in [3.8, 4) is 0 Å². The summed E-state index contributed by atoms with van der Waals surface area (Å²) in [4.78, 5) is 17.1. The molecule has 2 heterocycles. The van der Waals surface area contributed by atoms with Crippen LogP contribution in [0.3, 0.4) is 0 Å². The molecule has 0 aliphatic carbocycles. The summed E-state index contributed by atoms with van der Waals surface area (Å²) in [7, 11) is -3.37. The van der Waals surface area contributed by atoms with Gasteiger partial charge in [0.2, 0.25) is 15.7 Å². The van der Waals surface area contributed by atoms with Crippen molar-refractivity contribution in [2.45, 2.75) is 11.8 Å². The van der Waals surface area contributed by atoms with Gasteiger partial charge in [0, 0.05) is 28.2 Å². The normalized spacial score (nSPS) is 15.1. The van der Waals surface area contributed by atoms with Gasteiger partial charge in [-0.05, 0) is 36.8 Å². The third-order valence-electron chi connectivity index (χ3n) is 3.05. The monoisotopic (exact) mass is 332 g/mol. The minimum atomic E-state index is -3.37. The highest BCUT2D eigenvalue weighted by atomic mass is 32.2. The number of hydrogen-bond acceptors (Lipinski definition) is 5. The van der Waals surface area contributed by atoms with Gasteiger partial charge in [-0.3, -0.25) is 4.79 Å². The van der Waals surface area contributed by atoms with Crippen molar-refractivity contribution in [1.29, 1.82) is 0 Å². The molecule has 0 bridgehead atoms. The molecule has 0 radical (unpaired) electrons. The van der Waals surface area contributed by atoms with Crippen LogP contribution in [0.1, 0.15) is 15.4 Å². The molecule has 1 aliphatic rings. The van der Waals surface area contributed by atoms with Crippen molar-refractivity contribution in [1.82, 2.24) is 4.98 Å². The van der Waals surface area contributed by atoms with Gasteiger partial charge in [0.25, 0.3) is 0 Å². The van der Waals surface area contributed by atoms with Gasteiger partial charge in [0.15, 0.2) is 0 Å². The van der Waals surface area contributed by atoms with E-state index in [0.717, 1.165) is 15.3 Å². The summed E-state index contributed by atoms with van der Waals surface area (Å²) in [5.74, 6) is -0.325. The summed E-state index contributed by atoms with van der Waals surface area (Å²) in [5.41, 5.74) is 1.08. The molecule has 0 saturated carbocycles. The number of thiazole rings is 1. The second-order valence-electron chi connectivity index (χ2n) is 4.70. The maximum absolute atomic E-state index is 11.9. The fourth-order valence-corrected chi connectivity index (χ4v) is 3.95. The molecule has 5 nitrogen and oxygen atoms in total. The molecule has 3 rings (SSSR count). The Morgan fingerprint density at radius 3 is 2.91 bits per heavy atom. The first-order valence-corrected chi connectivity index (χ1v) is 8.79. The zero-order valence-corrected chi connectivity index (χ0v) is 13.2. The van der Waals surface area contributed by atoms with Crippen molar-refractivity contribution in [3.63, 3.8) is 0 Å². The maximum Gasteiger partial charge on any atom is 0.248 e. The highest BCUT2D eigenvalue weighted by Crippen LogP contribution is 2.29. The third-order valence-corrected chi connectivity index (χ3v) is 5.39. The molecule has 2 aromatic rings. The number of sulfone groups is 1. The van der Waals surface area contributed by atoms with E-state index in [0.29, 0.717) is 11.3 Å². The summed E-state index contributed by atoms with van der Waals surface area (Å²) in [6.45, 7) is 1.89. The number of nitrogens with one attached hydrogen (secondary N) is 1. The SMILES string of the molecule is Cc1ncc(C=CC(=O)Nc2ccc3c(c2)S(=O)(=O)C=C3)s1. The Bertz CT molecular complexity index is 909. The summed E-state index contributed by atoms with van der Waals surface area (Å²) in [5, 5.41) is 4.74.